The predicted molar refractivity (Wildman–Crippen MR) is 139 cm³/mol. The van der Waals surface area contributed by atoms with Gasteiger partial charge in [-0.05, 0) is 54.3 Å². The molecule has 0 saturated carbocycles. The van der Waals surface area contributed by atoms with Crippen LogP contribution in [0, 0.1) is 17.1 Å². The zero-order valence-corrected chi connectivity index (χ0v) is 20.9. The SMILES string of the molecule is COCCn1c(C(=O)N2CCC[C@@H](N)C2)cc(-c2ccc(C#N)c(F)c2)c1-c1ccc2nn(C)cc2c1. The van der Waals surface area contributed by atoms with Crippen LogP contribution >= 0.6 is 0 Å². The zero-order chi connectivity index (χ0) is 26.1. The first kappa shape index (κ1) is 24.7. The second kappa shape index (κ2) is 10.2. The number of nitrogens with zero attached hydrogens (tertiary/aromatic N) is 5. The molecule has 0 unspecified atom stereocenters. The molecule has 0 aliphatic carbocycles. The van der Waals surface area contributed by atoms with E-state index in [1.165, 1.54) is 12.1 Å². The monoisotopic (exact) mass is 500 g/mol. The van der Waals surface area contributed by atoms with Crippen molar-refractivity contribution in [3.63, 3.8) is 0 Å². The molecule has 5 rings (SSSR count). The fourth-order valence-corrected chi connectivity index (χ4v) is 5.10. The number of ether oxygens (including phenoxy) is 1. The number of hydrogen-bond donors (Lipinski definition) is 1. The highest BCUT2D eigenvalue weighted by atomic mass is 19.1. The summed E-state index contributed by atoms with van der Waals surface area (Å²) < 4.78 is 23.8. The number of methoxy groups -OCH3 is 1. The molecule has 8 nitrogen and oxygen atoms in total. The number of nitriles is 1. The minimum Gasteiger partial charge on any atom is -0.383 e. The lowest BCUT2D eigenvalue weighted by Crippen LogP contribution is -2.46. The van der Waals surface area contributed by atoms with Gasteiger partial charge >= 0.3 is 0 Å². The fraction of sp³-hybridized carbons (Fsp3) is 0.321. The highest BCUT2D eigenvalue weighted by Gasteiger charge is 2.28. The summed E-state index contributed by atoms with van der Waals surface area (Å²) in [6, 6.07) is 14.1. The molecule has 37 heavy (non-hydrogen) atoms. The molecule has 2 aromatic carbocycles. The van der Waals surface area contributed by atoms with Crippen LogP contribution in [0.3, 0.4) is 0 Å². The van der Waals surface area contributed by atoms with Crippen LogP contribution in [0.2, 0.25) is 0 Å². The molecule has 9 heteroatoms. The summed E-state index contributed by atoms with van der Waals surface area (Å²) in [7, 11) is 3.49. The van der Waals surface area contributed by atoms with Gasteiger partial charge in [0.2, 0.25) is 0 Å². The molecule has 1 fully saturated rings. The Labute approximate surface area is 214 Å². The van der Waals surface area contributed by atoms with E-state index in [-0.39, 0.29) is 17.5 Å². The quantitative estimate of drug-likeness (QED) is 0.432. The van der Waals surface area contributed by atoms with E-state index in [1.54, 1.807) is 22.8 Å². The first-order valence-corrected chi connectivity index (χ1v) is 12.3. The highest BCUT2D eigenvalue weighted by Crippen LogP contribution is 2.38. The van der Waals surface area contributed by atoms with Crippen molar-refractivity contribution in [3.05, 3.63) is 65.7 Å². The summed E-state index contributed by atoms with van der Waals surface area (Å²) in [6.45, 7) is 1.94. The number of hydrogen-bond acceptors (Lipinski definition) is 5. The first-order valence-electron chi connectivity index (χ1n) is 12.3. The van der Waals surface area contributed by atoms with Gasteiger partial charge in [-0.2, -0.15) is 10.4 Å². The molecule has 1 saturated heterocycles. The van der Waals surface area contributed by atoms with Crippen molar-refractivity contribution in [2.24, 2.45) is 12.8 Å². The van der Waals surface area contributed by atoms with Crippen molar-refractivity contribution in [1.29, 1.82) is 5.26 Å². The number of halogens is 1. The molecule has 1 amide bonds. The summed E-state index contributed by atoms with van der Waals surface area (Å²) in [5.74, 6) is -0.719. The third-order valence-electron chi connectivity index (χ3n) is 6.87. The Morgan fingerprint density at radius 2 is 2.05 bits per heavy atom. The maximum Gasteiger partial charge on any atom is 0.270 e. The van der Waals surface area contributed by atoms with Crippen LogP contribution in [0.1, 0.15) is 28.9 Å². The molecule has 190 valence electrons. The van der Waals surface area contributed by atoms with E-state index in [0.29, 0.717) is 43.1 Å². The Balaban J connectivity index is 1.73. The van der Waals surface area contributed by atoms with E-state index in [9.17, 15) is 14.4 Å². The molecular formula is C28H29FN6O2. The Bertz CT molecular complexity index is 1520. The lowest BCUT2D eigenvalue weighted by molar-refractivity contribution is 0.0695. The van der Waals surface area contributed by atoms with Crippen LogP contribution in [-0.4, -0.2) is 58.0 Å². The summed E-state index contributed by atoms with van der Waals surface area (Å²) in [6.07, 6.45) is 3.67. The molecule has 1 aliphatic heterocycles. The molecule has 1 atom stereocenters. The Morgan fingerprint density at radius 1 is 1.24 bits per heavy atom. The van der Waals surface area contributed by atoms with Crippen LogP contribution in [0.25, 0.3) is 33.3 Å². The number of nitrogens with two attached hydrogens (primary N) is 1. The zero-order valence-electron chi connectivity index (χ0n) is 20.9. The Kier molecular flexibility index (Phi) is 6.78. The van der Waals surface area contributed by atoms with Crippen molar-refractivity contribution >= 4 is 16.8 Å². The van der Waals surface area contributed by atoms with E-state index in [4.69, 9.17) is 10.5 Å². The molecule has 1 aliphatic rings. The molecule has 0 spiro atoms. The van der Waals surface area contributed by atoms with Gasteiger partial charge in [0.1, 0.15) is 17.6 Å². The fourth-order valence-electron chi connectivity index (χ4n) is 5.10. The van der Waals surface area contributed by atoms with E-state index < -0.39 is 5.82 Å². The largest absolute Gasteiger partial charge is 0.383 e. The van der Waals surface area contributed by atoms with Gasteiger partial charge in [-0.15, -0.1) is 0 Å². The number of amides is 1. The van der Waals surface area contributed by atoms with Crippen LogP contribution < -0.4 is 5.73 Å². The first-order chi connectivity index (χ1) is 17.9. The van der Waals surface area contributed by atoms with Gasteiger partial charge in [-0.25, -0.2) is 4.39 Å². The number of likely N-dealkylation sites (tertiary alicyclic amines) is 1. The summed E-state index contributed by atoms with van der Waals surface area (Å²) >= 11 is 0. The highest BCUT2D eigenvalue weighted by molar-refractivity contribution is 5.98. The van der Waals surface area contributed by atoms with Crippen molar-refractivity contribution < 1.29 is 13.9 Å². The van der Waals surface area contributed by atoms with Crippen LogP contribution in [-0.2, 0) is 18.3 Å². The minimum absolute atomic E-state index is 0.0282. The molecule has 0 radical (unpaired) electrons. The number of benzene rings is 2. The van der Waals surface area contributed by atoms with Gasteiger partial charge in [0.15, 0.2) is 0 Å². The van der Waals surface area contributed by atoms with E-state index in [2.05, 4.69) is 5.10 Å². The van der Waals surface area contributed by atoms with Gasteiger partial charge in [0.05, 0.1) is 23.4 Å². The van der Waals surface area contributed by atoms with Crippen molar-refractivity contribution in [2.45, 2.75) is 25.4 Å². The predicted octanol–water partition coefficient (Wildman–Crippen LogP) is 3.93. The number of aromatic nitrogens is 3. The average molecular weight is 501 g/mol. The maximum absolute atomic E-state index is 14.7. The lowest BCUT2D eigenvalue weighted by Gasteiger charge is -2.31. The summed E-state index contributed by atoms with van der Waals surface area (Å²) in [4.78, 5) is 15.6. The van der Waals surface area contributed by atoms with Crippen LogP contribution in [0.15, 0.2) is 48.7 Å². The molecule has 0 bridgehead atoms. The van der Waals surface area contributed by atoms with Crippen molar-refractivity contribution in [3.8, 4) is 28.5 Å². The molecule has 2 N–H and O–H groups in total. The van der Waals surface area contributed by atoms with Gasteiger partial charge in [-0.3, -0.25) is 9.48 Å². The van der Waals surface area contributed by atoms with E-state index >= 15 is 0 Å². The number of piperidine rings is 1. The maximum atomic E-state index is 14.7. The van der Waals surface area contributed by atoms with Crippen molar-refractivity contribution in [2.75, 3.05) is 26.8 Å². The third-order valence-corrected chi connectivity index (χ3v) is 6.87. The minimum atomic E-state index is -0.604. The Morgan fingerprint density at radius 3 is 2.78 bits per heavy atom. The smallest absolute Gasteiger partial charge is 0.270 e. The molecule has 3 heterocycles. The van der Waals surface area contributed by atoms with Crippen LogP contribution in [0.4, 0.5) is 4.39 Å². The lowest BCUT2D eigenvalue weighted by atomic mass is 9.99. The molecule has 4 aromatic rings. The van der Waals surface area contributed by atoms with Gasteiger partial charge < -0.3 is 19.9 Å². The number of aryl methyl sites for hydroxylation is 1. The van der Waals surface area contributed by atoms with Gasteiger partial charge in [0.25, 0.3) is 5.91 Å². The van der Waals surface area contributed by atoms with E-state index in [0.717, 1.165) is 35.0 Å². The normalized spacial score (nSPS) is 15.8. The second-order valence-corrected chi connectivity index (χ2v) is 9.47. The van der Waals surface area contributed by atoms with Gasteiger partial charge in [-0.1, -0.05) is 12.1 Å². The Hall–Kier alpha value is -4.00. The summed E-state index contributed by atoms with van der Waals surface area (Å²) in [5.41, 5.74) is 10.4. The van der Waals surface area contributed by atoms with E-state index in [1.807, 2.05) is 48.1 Å². The average Bonchev–Trinajstić information content (AvgIpc) is 3.46. The second-order valence-electron chi connectivity index (χ2n) is 9.47. The topological polar surface area (TPSA) is 102 Å². The van der Waals surface area contributed by atoms with Crippen molar-refractivity contribution in [1.82, 2.24) is 19.2 Å². The number of carbonyl (C=O) groups is 1. The third kappa shape index (κ3) is 4.73. The summed E-state index contributed by atoms with van der Waals surface area (Å²) in [5, 5.41) is 14.6. The number of rotatable bonds is 6. The van der Waals surface area contributed by atoms with Crippen LogP contribution in [0.5, 0.6) is 0 Å². The molecular weight excluding hydrogens is 471 g/mol. The number of fused-ring (bicyclic) bond motifs is 1. The standard InChI is InChI=1S/C28H29FN6O2/c1-33-16-21-12-19(7-8-25(21)32-33)27-23(18-5-6-20(15-30)24(29)13-18)14-26(35(27)10-11-37-2)28(36)34-9-3-4-22(31)17-34/h5-8,12-14,16,22H,3-4,9-11,17,31H2,1-2H3/t22-/m1/s1. The van der Waals surface area contributed by atoms with Gasteiger partial charge in [0, 0.05) is 57.0 Å². The molecule has 2 aromatic heterocycles. The number of carbonyl (C=O) groups excluding carboxylic acids is 1.